The normalized spacial score (nSPS) is 22.9. The van der Waals surface area contributed by atoms with Gasteiger partial charge in [-0.05, 0) is 5.56 Å². The van der Waals surface area contributed by atoms with Gasteiger partial charge in [0.15, 0.2) is 0 Å². The number of hydrogen-bond donors (Lipinski definition) is 0. The van der Waals surface area contributed by atoms with Gasteiger partial charge in [-0.25, -0.2) is 0 Å². The summed E-state index contributed by atoms with van der Waals surface area (Å²) in [6.45, 7) is 2.10. The van der Waals surface area contributed by atoms with Crippen molar-refractivity contribution >= 4 is 0 Å². The summed E-state index contributed by atoms with van der Waals surface area (Å²) in [4.78, 5) is 0. The van der Waals surface area contributed by atoms with E-state index in [0.717, 1.165) is 6.61 Å². The second kappa shape index (κ2) is 4.40. The summed E-state index contributed by atoms with van der Waals surface area (Å²) in [6, 6.07) is 10.2. The Morgan fingerprint density at radius 2 is 2.00 bits per heavy atom. The van der Waals surface area contributed by atoms with Crippen molar-refractivity contribution in [1.29, 1.82) is 0 Å². The van der Waals surface area contributed by atoms with Crippen molar-refractivity contribution in [2.45, 2.75) is 6.10 Å². The van der Waals surface area contributed by atoms with E-state index in [4.69, 9.17) is 9.47 Å². The maximum atomic E-state index is 5.50. The Kier molecular flexibility index (Phi) is 2.95. The van der Waals surface area contributed by atoms with Crippen LogP contribution in [0.1, 0.15) is 5.56 Å². The molecule has 2 rings (SSSR count). The van der Waals surface area contributed by atoms with Crippen LogP contribution >= 0.6 is 0 Å². The predicted molar refractivity (Wildman–Crippen MR) is 50.4 cm³/mol. The van der Waals surface area contributed by atoms with Crippen LogP contribution in [-0.4, -0.2) is 25.9 Å². The van der Waals surface area contributed by atoms with Crippen LogP contribution in [0.15, 0.2) is 30.3 Å². The minimum Gasteiger partial charge on any atom is -0.376 e. The molecule has 0 aliphatic carbocycles. The molecule has 0 amide bonds. The first kappa shape index (κ1) is 8.73. The first-order valence-corrected chi connectivity index (χ1v) is 4.54. The zero-order valence-electron chi connectivity index (χ0n) is 7.48. The fraction of sp³-hybridized carbons (Fsp3) is 0.364. The van der Waals surface area contributed by atoms with Crippen molar-refractivity contribution in [2.24, 2.45) is 0 Å². The molecule has 1 aliphatic rings. The smallest absolute Gasteiger partial charge is 0.0884 e. The summed E-state index contributed by atoms with van der Waals surface area (Å²) < 4.78 is 10.8. The van der Waals surface area contributed by atoms with E-state index in [1.807, 2.05) is 18.2 Å². The fourth-order valence-corrected chi connectivity index (χ4v) is 1.38. The van der Waals surface area contributed by atoms with Crippen LogP contribution in [-0.2, 0) is 9.47 Å². The van der Waals surface area contributed by atoms with E-state index in [0.29, 0.717) is 13.2 Å². The molecule has 0 N–H and O–H groups in total. The molecule has 1 radical (unpaired) electrons. The molecule has 1 atom stereocenters. The maximum absolute atomic E-state index is 5.50. The van der Waals surface area contributed by atoms with Gasteiger partial charge < -0.3 is 9.47 Å². The molecule has 0 aromatic heterocycles. The van der Waals surface area contributed by atoms with Crippen molar-refractivity contribution in [2.75, 3.05) is 19.8 Å². The Morgan fingerprint density at radius 3 is 2.69 bits per heavy atom. The van der Waals surface area contributed by atoms with Crippen LogP contribution in [0.3, 0.4) is 0 Å². The van der Waals surface area contributed by atoms with Crippen molar-refractivity contribution in [1.82, 2.24) is 0 Å². The molecule has 0 bridgehead atoms. The topological polar surface area (TPSA) is 18.5 Å². The summed E-state index contributed by atoms with van der Waals surface area (Å²) in [5.74, 6) is 0. The van der Waals surface area contributed by atoms with Gasteiger partial charge >= 0.3 is 0 Å². The molecule has 1 aromatic rings. The summed E-state index contributed by atoms with van der Waals surface area (Å²) in [6.07, 6.45) is 2.22. The van der Waals surface area contributed by atoms with Crippen LogP contribution < -0.4 is 0 Å². The van der Waals surface area contributed by atoms with Gasteiger partial charge in [-0.3, -0.25) is 0 Å². The largest absolute Gasteiger partial charge is 0.376 e. The molecule has 13 heavy (non-hydrogen) atoms. The molecule has 1 heterocycles. The zero-order chi connectivity index (χ0) is 8.93. The third-order valence-electron chi connectivity index (χ3n) is 2.02. The third-order valence-corrected chi connectivity index (χ3v) is 2.02. The van der Waals surface area contributed by atoms with Crippen LogP contribution in [0.2, 0.25) is 0 Å². The molecule has 69 valence electrons. The third kappa shape index (κ3) is 2.54. The lowest BCUT2D eigenvalue weighted by molar-refractivity contribution is -0.0727. The Morgan fingerprint density at radius 1 is 1.15 bits per heavy atom. The summed E-state index contributed by atoms with van der Waals surface area (Å²) in [7, 11) is 0. The van der Waals surface area contributed by atoms with Gasteiger partial charge in [0.2, 0.25) is 0 Å². The highest BCUT2D eigenvalue weighted by atomic mass is 16.6. The van der Waals surface area contributed by atoms with Crippen molar-refractivity contribution in [3.05, 3.63) is 42.3 Å². The van der Waals surface area contributed by atoms with Gasteiger partial charge in [0, 0.05) is 6.42 Å². The Balaban J connectivity index is 1.90. The number of hydrogen-bond acceptors (Lipinski definition) is 2. The van der Waals surface area contributed by atoms with Gasteiger partial charge in [0.05, 0.1) is 25.9 Å². The lowest BCUT2D eigenvalue weighted by Gasteiger charge is -2.22. The number of rotatable bonds is 2. The van der Waals surface area contributed by atoms with E-state index in [2.05, 4.69) is 18.6 Å². The van der Waals surface area contributed by atoms with Crippen molar-refractivity contribution in [3.8, 4) is 0 Å². The highest BCUT2D eigenvalue weighted by Gasteiger charge is 2.14. The molecule has 1 aliphatic heterocycles. The summed E-state index contributed by atoms with van der Waals surface area (Å²) >= 11 is 0. The second-order valence-corrected chi connectivity index (χ2v) is 3.06. The SMILES string of the molecule is [CH](c1ccccc1)C1COCCO1. The molecule has 1 aromatic carbocycles. The standard InChI is InChI=1S/C11H13O2/c1-2-4-10(5-3-1)8-11-9-12-6-7-13-11/h1-5,8,11H,6-7,9H2. The Bertz CT molecular complexity index is 240. The first-order chi connectivity index (χ1) is 6.45. The summed E-state index contributed by atoms with van der Waals surface area (Å²) in [5, 5.41) is 0. The average Bonchev–Trinajstić information content (AvgIpc) is 2.21. The van der Waals surface area contributed by atoms with Gasteiger partial charge in [-0.1, -0.05) is 30.3 Å². The van der Waals surface area contributed by atoms with Crippen LogP contribution in [0.25, 0.3) is 0 Å². The van der Waals surface area contributed by atoms with E-state index in [-0.39, 0.29) is 6.10 Å². The second-order valence-electron chi connectivity index (χ2n) is 3.06. The molecule has 1 saturated heterocycles. The lowest BCUT2D eigenvalue weighted by atomic mass is 10.1. The van der Waals surface area contributed by atoms with E-state index < -0.39 is 0 Å². The highest BCUT2D eigenvalue weighted by molar-refractivity contribution is 5.24. The highest BCUT2D eigenvalue weighted by Crippen LogP contribution is 2.11. The van der Waals surface area contributed by atoms with Gasteiger partial charge in [0.25, 0.3) is 0 Å². The molecule has 1 unspecified atom stereocenters. The minimum atomic E-state index is 0.121. The number of ether oxygens (including phenoxy) is 2. The van der Waals surface area contributed by atoms with Crippen LogP contribution in [0, 0.1) is 6.42 Å². The molecule has 1 fully saturated rings. The predicted octanol–water partition coefficient (Wildman–Crippen LogP) is 1.65. The van der Waals surface area contributed by atoms with Gasteiger partial charge in [-0.2, -0.15) is 0 Å². The van der Waals surface area contributed by atoms with Crippen LogP contribution in [0.4, 0.5) is 0 Å². The van der Waals surface area contributed by atoms with Crippen molar-refractivity contribution < 1.29 is 9.47 Å². The quantitative estimate of drug-likeness (QED) is 0.684. The van der Waals surface area contributed by atoms with Gasteiger partial charge in [-0.15, -0.1) is 0 Å². The molecule has 0 saturated carbocycles. The minimum absolute atomic E-state index is 0.121. The molecular weight excluding hydrogens is 164 g/mol. The molecule has 0 spiro atoms. The van der Waals surface area contributed by atoms with Gasteiger partial charge in [0.1, 0.15) is 0 Å². The molecule has 2 nitrogen and oxygen atoms in total. The lowest BCUT2D eigenvalue weighted by Crippen LogP contribution is -2.29. The van der Waals surface area contributed by atoms with Crippen LogP contribution in [0.5, 0.6) is 0 Å². The maximum Gasteiger partial charge on any atom is 0.0884 e. The molecule has 2 heteroatoms. The first-order valence-electron chi connectivity index (χ1n) is 4.54. The van der Waals surface area contributed by atoms with E-state index in [9.17, 15) is 0 Å². The Labute approximate surface area is 78.5 Å². The van der Waals surface area contributed by atoms with E-state index in [1.54, 1.807) is 0 Å². The van der Waals surface area contributed by atoms with E-state index >= 15 is 0 Å². The monoisotopic (exact) mass is 177 g/mol. The fourth-order valence-electron chi connectivity index (χ4n) is 1.38. The average molecular weight is 177 g/mol. The zero-order valence-corrected chi connectivity index (χ0v) is 7.48. The van der Waals surface area contributed by atoms with E-state index in [1.165, 1.54) is 5.56 Å². The summed E-state index contributed by atoms with van der Waals surface area (Å²) in [5.41, 5.74) is 1.19. The van der Waals surface area contributed by atoms with Crippen molar-refractivity contribution in [3.63, 3.8) is 0 Å². The number of benzene rings is 1. The Hall–Kier alpha value is -0.860. The molecular formula is C11H13O2.